The Hall–Kier alpha value is -3.85. The minimum atomic E-state index is -0.496. The van der Waals surface area contributed by atoms with Gasteiger partial charge in [-0.3, -0.25) is 14.0 Å². The summed E-state index contributed by atoms with van der Waals surface area (Å²) in [6.07, 6.45) is 5.56. The number of hydrogen-bond acceptors (Lipinski definition) is 6. The molecule has 5 rings (SSSR count). The number of aromatic nitrogens is 4. The van der Waals surface area contributed by atoms with Crippen LogP contribution in [0.5, 0.6) is 11.5 Å². The summed E-state index contributed by atoms with van der Waals surface area (Å²) in [5.74, 6) is 0.407. The quantitative estimate of drug-likeness (QED) is 0.484. The van der Waals surface area contributed by atoms with Gasteiger partial charge in [0, 0.05) is 30.9 Å². The molecule has 1 amide bonds. The molecule has 164 valence electrons. The van der Waals surface area contributed by atoms with Crippen LogP contribution in [-0.4, -0.2) is 56.7 Å². The topological polar surface area (TPSA) is 103 Å². The maximum absolute atomic E-state index is 12.8. The summed E-state index contributed by atoms with van der Waals surface area (Å²) in [7, 11) is 4.90. The summed E-state index contributed by atoms with van der Waals surface area (Å²) in [5.41, 5.74) is 4.82. The maximum atomic E-state index is 12.8. The molecule has 9 nitrogen and oxygen atoms in total. The van der Waals surface area contributed by atoms with E-state index in [1.807, 2.05) is 42.2 Å². The fourth-order valence-electron chi connectivity index (χ4n) is 3.81. The smallest absolute Gasteiger partial charge is 0.259 e. The van der Waals surface area contributed by atoms with Crippen LogP contribution in [0.25, 0.3) is 27.8 Å². The summed E-state index contributed by atoms with van der Waals surface area (Å²) in [5, 5.41) is 16.6. The van der Waals surface area contributed by atoms with Gasteiger partial charge in [-0.2, -0.15) is 5.10 Å². The Balaban J connectivity index is 1.54. The molecule has 1 fully saturated rings. The number of methoxy groups -OCH3 is 2. The molecular formula is C23H23N5O4. The molecule has 2 heterocycles. The first-order chi connectivity index (χ1) is 15.5. The fourth-order valence-corrected chi connectivity index (χ4v) is 3.81. The number of fused-ring (bicyclic) bond motifs is 1. The fraction of sp³-hybridized carbons (Fsp3) is 0.261. The van der Waals surface area contributed by atoms with Crippen molar-refractivity contribution in [3.63, 3.8) is 0 Å². The second-order valence-electron chi connectivity index (χ2n) is 7.83. The number of nitrogens with one attached hydrogen (secondary N) is 1. The average molecular weight is 433 g/mol. The molecule has 2 aromatic heterocycles. The number of ether oxygens (including phenoxy) is 2. The van der Waals surface area contributed by atoms with Gasteiger partial charge < -0.3 is 19.9 Å². The average Bonchev–Trinajstić information content (AvgIpc) is 3.17. The lowest BCUT2D eigenvalue weighted by Crippen LogP contribution is -2.28. The van der Waals surface area contributed by atoms with E-state index in [-0.39, 0.29) is 11.9 Å². The van der Waals surface area contributed by atoms with E-state index in [9.17, 15) is 9.90 Å². The van der Waals surface area contributed by atoms with Gasteiger partial charge in [-0.05, 0) is 24.1 Å². The number of aliphatic hydroxyl groups is 1. The van der Waals surface area contributed by atoms with E-state index in [4.69, 9.17) is 9.47 Å². The maximum Gasteiger partial charge on any atom is 0.259 e. The second-order valence-corrected chi connectivity index (χ2v) is 7.83. The van der Waals surface area contributed by atoms with Crippen LogP contribution in [0, 0.1) is 0 Å². The number of hydrogen-bond donors (Lipinski definition) is 2. The highest BCUT2D eigenvalue weighted by Gasteiger charge is 2.37. The molecule has 1 aliphatic rings. The van der Waals surface area contributed by atoms with Crippen LogP contribution in [0.2, 0.25) is 0 Å². The lowest BCUT2D eigenvalue weighted by atomic mass is 10.1. The van der Waals surface area contributed by atoms with E-state index in [2.05, 4.69) is 15.4 Å². The monoisotopic (exact) mass is 433 g/mol. The molecule has 1 aliphatic carbocycles. The van der Waals surface area contributed by atoms with Crippen molar-refractivity contribution < 1.29 is 19.4 Å². The molecule has 0 bridgehead atoms. The Morgan fingerprint density at radius 2 is 1.88 bits per heavy atom. The molecule has 0 aliphatic heterocycles. The van der Waals surface area contributed by atoms with Crippen LogP contribution < -0.4 is 14.8 Å². The molecule has 32 heavy (non-hydrogen) atoms. The van der Waals surface area contributed by atoms with Crippen molar-refractivity contribution in [2.75, 3.05) is 14.2 Å². The van der Waals surface area contributed by atoms with Gasteiger partial charge in [0.1, 0.15) is 23.4 Å². The van der Waals surface area contributed by atoms with Gasteiger partial charge in [-0.25, -0.2) is 4.98 Å². The number of imidazole rings is 1. The SMILES string of the molecule is COc1cc(-n2cnc3cc(-c4cnn(C)c4)ccc32)cc(OC)c1C(=O)N[C@@H]1C[C@H]1O. The highest BCUT2D eigenvalue weighted by atomic mass is 16.5. The van der Waals surface area contributed by atoms with Gasteiger partial charge in [0.25, 0.3) is 5.91 Å². The molecule has 4 aromatic rings. The number of nitrogens with zero attached hydrogens (tertiary/aromatic N) is 4. The van der Waals surface area contributed by atoms with Crippen molar-refractivity contribution in [1.82, 2.24) is 24.6 Å². The van der Waals surface area contributed by atoms with Crippen LogP contribution in [0.1, 0.15) is 16.8 Å². The van der Waals surface area contributed by atoms with Crippen molar-refractivity contribution in [3.8, 4) is 28.3 Å². The first-order valence-corrected chi connectivity index (χ1v) is 10.2. The number of benzene rings is 2. The Bertz CT molecular complexity index is 1300. The summed E-state index contributed by atoms with van der Waals surface area (Å²) in [6.45, 7) is 0. The van der Waals surface area contributed by atoms with Gasteiger partial charge in [-0.15, -0.1) is 0 Å². The van der Waals surface area contributed by atoms with Crippen LogP contribution in [0.3, 0.4) is 0 Å². The zero-order chi connectivity index (χ0) is 22.4. The molecule has 0 saturated heterocycles. The van der Waals surface area contributed by atoms with Crippen LogP contribution >= 0.6 is 0 Å². The third-order valence-corrected chi connectivity index (χ3v) is 5.65. The van der Waals surface area contributed by atoms with Gasteiger partial charge in [0.05, 0.1) is 49.3 Å². The summed E-state index contributed by atoms with van der Waals surface area (Å²) in [6, 6.07) is 9.35. The predicted molar refractivity (Wildman–Crippen MR) is 118 cm³/mol. The number of aliphatic hydroxyl groups excluding tert-OH is 1. The van der Waals surface area contributed by atoms with Crippen molar-refractivity contribution >= 4 is 16.9 Å². The minimum Gasteiger partial charge on any atom is -0.496 e. The van der Waals surface area contributed by atoms with E-state index >= 15 is 0 Å². The van der Waals surface area contributed by atoms with Gasteiger partial charge in [0.15, 0.2) is 0 Å². The summed E-state index contributed by atoms with van der Waals surface area (Å²) < 4.78 is 14.7. The lowest BCUT2D eigenvalue weighted by molar-refractivity contribution is 0.0936. The molecule has 0 radical (unpaired) electrons. The summed E-state index contributed by atoms with van der Waals surface area (Å²) >= 11 is 0. The normalized spacial score (nSPS) is 17.4. The van der Waals surface area contributed by atoms with E-state index in [0.29, 0.717) is 23.5 Å². The molecule has 0 spiro atoms. The zero-order valence-electron chi connectivity index (χ0n) is 17.9. The Labute approximate surface area is 184 Å². The molecule has 1 saturated carbocycles. The van der Waals surface area contributed by atoms with E-state index in [1.165, 1.54) is 14.2 Å². The molecule has 2 N–H and O–H groups in total. The number of aryl methyl sites for hydroxylation is 1. The standard InChI is InChI=1S/C23H23N5O4/c1-27-11-14(10-25-27)13-4-5-18-16(6-13)24-12-28(18)15-7-20(31-2)22(21(8-15)32-3)23(30)26-17-9-19(17)29/h4-8,10-12,17,19,29H,9H2,1-3H3,(H,26,30)/t17-,19-/m1/s1. The third kappa shape index (κ3) is 3.46. The molecule has 2 atom stereocenters. The first kappa shape index (κ1) is 20.1. The van der Waals surface area contributed by atoms with Crippen molar-refractivity contribution in [1.29, 1.82) is 0 Å². The number of amides is 1. The van der Waals surface area contributed by atoms with Crippen LogP contribution in [0.4, 0.5) is 0 Å². The van der Waals surface area contributed by atoms with Gasteiger partial charge >= 0.3 is 0 Å². The van der Waals surface area contributed by atoms with E-state index < -0.39 is 6.10 Å². The largest absolute Gasteiger partial charge is 0.496 e. The summed E-state index contributed by atoms with van der Waals surface area (Å²) in [4.78, 5) is 17.3. The van der Waals surface area contributed by atoms with Gasteiger partial charge in [0.2, 0.25) is 0 Å². The molecular weight excluding hydrogens is 410 g/mol. The Morgan fingerprint density at radius 3 is 2.47 bits per heavy atom. The molecule has 9 heteroatoms. The predicted octanol–water partition coefficient (Wildman–Crippen LogP) is 2.31. The number of carbonyl (C=O) groups excluding carboxylic acids is 1. The van der Waals surface area contributed by atoms with Crippen LogP contribution in [-0.2, 0) is 7.05 Å². The lowest BCUT2D eigenvalue weighted by Gasteiger charge is -2.16. The molecule has 2 aromatic carbocycles. The van der Waals surface area contributed by atoms with E-state index in [1.54, 1.807) is 23.1 Å². The Kier molecular flexibility index (Phi) is 4.82. The Morgan fingerprint density at radius 1 is 1.16 bits per heavy atom. The van der Waals surface area contributed by atoms with Crippen molar-refractivity contribution in [2.45, 2.75) is 18.6 Å². The van der Waals surface area contributed by atoms with Crippen LogP contribution in [0.15, 0.2) is 49.1 Å². The van der Waals surface area contributed by atoms with E-state index in [0.717, 1.165) is 27.8 Å². The number of rotatable bonds is 6. The third-order valence-electron chi connectivity index (χ3n) is 5.65. The highest BCUT2D eigenvalue weighted by Crippen LogP contribution is 2.34. The first-order valence-electron chi connectivity index (χ1n) is 10.2. The second kappa shape index (κ2) is 7.69. The van der Waals surface area contributed by atoms with Gasteiger partial charge in [-0.1, -0.05) is 6.07 Å². The zero-order valence-corrected chi connectivity index (χ0v) is 17.9. The minimum absolute atomic E-state index is 0.233. The molecule has 0 unspecified atom stereocenters. The highest BCUT2D eigenvalue weighted by molar-refractivity contribution is 6.00. The number of carbonyl (C=O) groups is 1. The van der Waals surface area contributed by atoms with Crippen molar-refractivity contribution in [3.05, 3.63) is 54.6 Å². The van der Waals surface area contributed by atoms with Crippen molar-refractivity contribution in [2.24, 2.45) is 7.05 Å².